The van der Waals surface area contributed by atoms with E-state index in [0.29, 0.717) is 16.5 Å². The van der Waals surface area contributed by atoms with Gasteiger partial charge in [-0.05, 0) is 37.0 Å². The molecule has 0 radical (unpaired) electrons. The molecule has 0 bridgehead atoms. The summed E-state index contributed by atoms with van der Waals surface area (Å²) in [5.41, 5.74) is 0.936. The Balaban J connectivity index is 2.76. The van der Waals surface area contributed by atoms with Crippen molar-refractivity contribution in [1.29, 1.82) is 0 Å². The van der Waals surface area contributed by atoms with Gasteiger partial charge >= 0.3 is 0 Å². The average Bonchev–Trinajstić information content (AvgIpc) is 2.16. The maximum atomic E-state index is 9.58. The van der Waals surface area contributed by atoms with Crippen LogP contribution >= 0.6 is 23.2 Å². The van der Waals surface area contributed by atoms with Crippen LogP contribution in [-0.4, -0.2) is 22.4 Å². The Morgan fingerprint density at radius 3 is 2.31 bits per heavy atom. The van der Waals surface area contributed by atoms with Gasteiger partial charge in [-0.25, -0.2) is 0 Å². The number of halogens is 2. The highest BCUT2D eigenvalue weighted by molar-refractivity contribution is 6.35. The molecule has 1 aromatic rings. The van der Waals surface area contributed by atoms with E-state index in [1.165, 1.54) is 0 Å². The highest BCUT2D eigenvalue weighted by atomic mass is 35.5. The number of hydrogen-bond donors (Lipinski definition) is 2. The molecule has 2 N–H and O–H groups in total. The molecular weight excluding hydrogens is 247 g/mol. The molecule has 16 heavy (non-hydrogen) atoms. The molecule has 0 amide bonds. The molecule has 0 fully saturated rings. The lowest BCUT2D eigenvalue weighted by Crippen LogP contribution is -2.24. The van der Waals surface area contributed by atoms with Crippen molar-refractivity contribution in [3.8, 4) is 0 Å². The molecule has 3 unspecified atom stereocenters. The minimum Gasteiger partial charge on any atom is -0.391 e. The zero-order valence-electron chi connectivity index (χ0n) is 9.32. The van der Waals surface area contributed by atoms with Crippen LogP contribution in [0.2, 0.25) is 10.0 Å². The molecule has 1 rings (SSSR count). The minimum atomic E-state index is -0.734. The minimum absolute atomic E-state index is 0.0781. The normalized spacial score (nSPS) is 16.9. The van der Waals surface area contributed by atoms with Gasteiger partial charge in [-0.3, -0.25) is 0 Å². The van der Waals surface area contributed by atoms with Gasteiger partial charge in [0, 0.05) is 10.0 Å². The summed E-state index contributed by atoms with van der Waals surface area (Å²) in [6.07, 6.45) is -0.991. The van der Waals surface area contributed by atoms with Crippen molar-refractivity contribution >= 4 is 23.2 Å². The molecule has 2 nitrogen and oxygen atoms in total. The molecule has 0 saturated carbocycles. The second-order valence-corrected chi connectivity index (χ2v) is 4.95. The Bertz CT molecular complexity index is 353. The molecule has 3 atom stereocenters. The molecule has 0 aliphatic heterocycles. The quantitative estimate of drug-likeness (QED) is 0.875. The first-order valence-corrected chi connectivity index (χ1v) is 5.98. The lowest BCUT2D eigenvalue weighted by atomic mass is 9.93. The molecule has 0 spiro atoms. The van der Waals surface area contributed by atoms with Gasteiger partial charge in [-0.1, -0.05) is 36.2 Å². The molecule has 0 aliphatic carbocycles. The van der Waals surface area contributed by atoms with Crippen LogP contribution in [0.5, 0.6) is 0 Å². The topological polar surface area (TPSA) is 40.5 Å². The van der Waals surface area contributed by atoms with E-state index in [1.54, 1.807) is 19.1 Å². The molecule has 0 aromatic heterocycles. The third kappa shape index (κ3) is 3.63. The van der Waals surface area contributed by atoms with Crippen molar-refractivity contribution in [2.24, 2.45) is 0 Å². The molecule has 90 valence electrons. The first kappa shape index (κ1) is 13.8. The summed E-state index contributed by atoms with van der Waals surface area (Å²) < 4.78 is 0. The Labute approximate surface area is 106 Å². The Kier molecular flexibility index (Phi) is 5.06. The van der Waals surface area contributed by atoms with Gasteiger partial charge < -0.3 is 10.2 Å². The summed E-state index contributed by atoms with van der Waals surface area (Å²) in [5.74, 6) is 0.0781. The first-order chi connectivity index (χ1) is 7.41. The van der Waals surface area contributed by atoms with Gasteiger partial charge in [0.05, 0.1) is 12.2 Å². The van der Waals surface area contributed by atoms with E-state index in [1.807, 2.05) is 13.0 Å². The summed E-state index contributed by atoms with van der Waals surface area (Å²) >= 11 is 11.9. The van der Waals surface area contributed by atoms with Crippen molar-refractivity contribution in [2.45, 2.75) is 38.4 Å². The maximum Gasteiger partial charge on any atom is 0.0802 e. The van der Waals surface area contributed by atoms with Crippen molar-refractivity contribution in [2.75, 3.05) is 0 Å². The van der Waals surface area contributed by atoms with Crippen molar-refractivity contribution < 1.29 is 10.2 Å². The number of aliphatic hydroxyl groups excluding tert-OH is 2. The number of benzene rings is 1. The second-order valence-electron chi connectivity index (χ2n) is 4.11. The predicted molar refractivity (Wildman–Crippen MR) is 67.2 cm³/mol. The van der Waals surface area contributed by atoms with Gasteiger partial charge in [-0.15, -0.1) is 0 Å². The maximum absolute atomic E-state index is 9.58. The summed E-state index contributed by atoms with van der Waals surface area (Å²) in [5, 5.41) is 20.0. The smallest absolute Gasteiger partial charge is 0.0802 e. The van der Waals surface area contributed by atoms with E-state index in [-0.39, 0.29) is 5.92 Å². The van der Waals surface area contributed by atoms with Crippen LogP contribution < -0.4 is 0 Å². The summed E-state index contributed by atoms with van der Waals surface area (Å²) in [6.45, 7) is 3.53. The van der Waals surface area contributed by atoms with E-state index in [0.717, 1.165) is 5.56 Å². The number of rotatable bonds is 4. The monoisotopic (exact) mass is 262 g/mol. The SMILES string of the molecule is CC(CC(O)C(C)O)c1ccc(Cl)cc1Cl. The third-order valence-electron chi connectivity index (χ3n) is 2.65. The Hall–Kier alpha value is -0.280. The fourth-order valence-electron chi connectivity index (χ4n) is 1.59. The lowest BCUT2D eigenvalue weighted by molar-refractivity contribution is 0.0227. The molecule has 0 saturated heterocycles. The fourth-order valence-corrected chi connectivity index (χ4v) is 2.18. The highest BCUT2D eigenvalue weighted by Gasteiger charge is 2.18. The number of hydrogen-bond acceptors (Lipinski definition) is 2. The van der Waals surface area contributed by atoms with E-state index in [4.69, 9.17) is 23.2 Å². The van der Waals surface area contributed by atoms with Gasteiger partial charge in [0.1, 0.15) is 0 Å². The zero-order chi connectivity index (χ0) is 12.3. The molecule has 1 aromatic carbocycles. The fraction of sp³-hybridized carbons (Fsp3) is 0.500. The van der Waals surface area contributed by atoms with Crippen LogP contribution in [0, 0.1) is 0 Å². The van der Waals surface area contributed by atoms with Crippen LogP contribution in [0.4, 0.5) is 0 Å². The molecule has 4 heteroatoms. The average molecular weight is 263 g/mol. The van der Waals surface area contributed by atoms with E-state index < -0.39 is 12.2 Å². The number of aliphatic hydroxyl groups is 2. The standard InChI is InChI=1S/C12H16Cl2O2/c1-7(5-12(16)8(2)15)10-4-3-9(13)6-11(10)14/h3-4,6-8,12,15-16H,5H2,1-2H3. The van der Waals surface area contributed by atoms with Gasteiger partial charge in [-0.2, -0.15) is 0 Å². The van der Waals surface area contributed by atoms with E-state index in [2.05, 4.69) is 0 Å². The van der Waals surface area contributed by atoms with Crippen molar-refractivity contribution in [1.82, 2.24) is 0 Å². The van der Waals surface area contributed by atoms with Gasteiger partial charge in [0.15, 0.2) is 0 Å². The van der Waals surface area contributed by atoms with Crippen LogP contribution in [0.25, 0.3) is 0 Å². The van der Waals surface area contributed by atoms with Crippen LogP contribution in [0.3, 0.4) is 0 Å². The molecule has 0 aliphatic rings. The Morgan fingerprint density at radius 1 is 1.19 bits per heavy atom. The summed E-state index contributed by atoms with van der Waals surface area (Å²) in [4.78, 5) is 0. The molecular formula is C12H16Cl2O2. The van der Waals surface area contributed by atoms with Gasteiger partial charge in [0.25, 0.3) is 0 Å². The Morgan fingerprint density at radius 2 is 1.81 bits per heavy atom. The van der Waals surface area contributed by atoms with E-state index in [9.17, 15) is 10.2 Å². The highest BCUT2D eigenvalue weighted by Crippen LogP contribution is 2.30. The zero-order valence-corrected chi connectivity index (χ0v) is 10.8. The van der Waals surface area contributed by atoms with Crippen molar-refractivity contribution in [3.63, 3.8) is 0 Å². The first-order valence-electron chi connectivity index (χ1n) is 5.23. The van der Waals surface area contributed by atoms with Crippen LogP contribution in [-0.2, 0) is 0 Å². The van der Waals surface area contributed by atoms with Crippen LogP contribution in [0.1, 0.15) is 31.7 Å². The summed E-state index contributed by atoms with van der Waals surface area (Å²) in [6, 6.07) is 5.31. The second kappa shape index (κ2) is 5.87. The van der Waals surface area contributed by atoms with E-state index >= 15 is 0 Å². The van der Waals surface area contributed by atoms with Gasteiger partial charge in [0.2, 0.25) is 0 Å². The van der Waals surface area contributed by atoms with Crippen LogP contribution in [0.15, 0.2) is 18.2 Å². The lowest BCUT2D eigenvalue weighted by Gasteiger charge is -2.19. The largest absolute Gasteiger partial charge is 0.391 e. The molecule has 0 heterocycles. The predicted octanol–water partition coefficient (Wildman–Crippen LogP) is 3.23. The third-order valence-corrected chi connectivity index (χ3v) is 3.21. The van der Waals surface area contributed by atoms with Crippen molar-refractivity contribution in [3.05, 3.63) is 33.8 Å². The summed E-state index contributed by atoms with van der Waals surface area (Å²) in [7, 11) is 0.